The molecule has 0 unspecified atom stereocenters. The molecule has 1 rings (SSSR count). The van der Waals surface area contributed by atoms with E-state index in [-0.39, 0.29) is 0 Å². The molecule has 0 saturated heterocycles. The molecule has 1 aromatic heterocycles. The number of nitrogens with zero attached hydrogens (tertiary/aromatic N) is 1. The maximum absolute atomic E-state index is 6.24. The van der Waals surface area contributed by atoms with Crippen molar-refractivity contribution >= 4 is 27.5 Å². The van der Waals surface area contributed by atoms with E-state index in [1.165, 1.54) is 95.5 Å². The molecule has 0 aliphatic heterocycles. The summed E-state index contributed by atoms with van der Waals surface area (Å²) in [7, 11) is 0. The summed E-state index contributed by atoms with van der Waals surface area (Å²) >= 11 is 9.63. The van der Waals surface area contributed by atoms with Crippen molar-refractivity contribution < 1.29 is 0 Å². The first-order valence-electron chi connectivity index (χ1n) is 10.0. The van der Waals surface area contributed by atoms with Crippen LogP contribution in [0.25, 0.3) is 0 Å². The molecule has 24 heavy (non-hydrogen) atoms. The van der Waals surface area contributed by atoms with Crippen LogP contribution in [0.15, 0.2) is 16.9 Å². The summed E-state index contributed by atoms with van der Waals surface area (Å²) in [6.45, 7) is 2.29. The Kier molecular flexibility index (Phi) is 13.9. The van der Waals surface area contributed by atoms with Crippen LogP contribution >= 0.6 is 27.5 Å². The van der Waals surface area contributed by atoms with Crippen LogP contribution in [0.2, 0.25) is 5.02 Å². The molecular formula is C21H35BrClN. The van der Waals surface area contributed by atoms with Crippen LogP contribution in [0.4, 0.5) is 0 Å². The van der Waals surface area contributed by atoms with Crippen LogP contribution < -0.4 is 0 Å². The monoisotopic (exact) mass is 415 g/mol. The van der Waals surface area contributed by atoms with Gasteiger partial charge in [0.25, 0.3) is 0 Å². The van der Waals surface area contributed by atoms with E-state index in [4.69, 9.17) is 11.6 Å². The third kappa shape index (κ3) is 10.7. The molecule has 1 aromatic rings. The number of rotatable bonds is 15. The van der Waals surface area contributed by atoms with Crippen LogP contribution in [0.3, 0.4) is 0 Å². The Morgan fingerprint density at radius 2 is 1.25 bits per heavy atom. The van der Waals surface area contributed by atoms with Crippen molar-refractivity contribution in [1.29, 1.82) is 0 Å². The van der Waals surface area contributed by atoms with Crippen LogP contribution in [-0.2, 0) is 6.42 Å². The van der Waals surface area contributed by atoms with Gasteiger partial charge in [0.05, 0.1) is 5.02 Å². The van der Waals surface area contributed by atoms with Gasteiger partial charge in [-0.1, -0.05) is 102 Å². The molecule has 138 valence electrons. The highest BCUT2D eigenvalue weighted by Gasteiger charge is 2.04. The molecule has 0 N–H and O–H groups in total. The molecule has 0 atom stereocenters. The fourth-order valence-corrected chi connectivity index (χ4v) is 3.74. The highest BCUT2D eigenvalue weighted by molar-refractivity contribution is 9.10. The molecule has 0 amide bonds. The first-order chi connectivity index (χ1) is 11.8. The molecular weight excluding hydrogens is 382 g/mol. The van der Waals surface area contributed by atoms with Gasteiger partial charge in [0.15, 0.2) is 0 Å². The van der Waals surface area contributed by atoms with Crippen LogP contribution in [0.1, 0.15) is 102 Å². The van der Waals surface area contributed by atoms with Crippen molar-refractivity contribution in [3.05, 3.63) is 27.5 Å². The van der Waals surface area contributed by atoms with Gasteiger partial charge in [-0.3, -0.25) is 0 Å². The zero-order valence-electron chi connectivity index (χ0n) is 15.5. The molecule has 0 spiro atoms. The molecule has 0 aromatic carbocycles. The van der Waals surface area contributed by atoms with Gasteiger partial charge in [-0.25, -0.2) is 4.98 Å². The number of hydrogen-bond donors (Lipinski definition) is 0. The summed E-state index contributed by atoms with van der Waals surface area (Å²) in [5, 5.41) is 0.784. The fourth-order valence-electron chi connectivity index (χ4n) is 3.16. The molecule has 0 fully saturated rings. The van der Waals surface area contributed by atoms with Crippen molar-refractivity contribution in [3.63, 3.8) is 0 Å². The highest BCUT2D eigenvalue weighted by Crippen LogP contribution is 2.25. The van der Waals surface area contributed by atoms with Gasteiger partial charge >= 0.3 is 0 Å². The van der Waals surface area contributed by atoms with Gasteiger partial charge in [-0.15, -0.1) is 0 Å². The van der Waals surface area contributed by atoms with E-state index < -0.39 is 0 Å². The maximum atomic E-state index is 6.24. The predicted octanol–water partition coefficient (Wildman–Crippen LogP) is 8.52. The normalized spacial score (nSPS) is 11.1. The van der Waals surface area contributed by atoms with Crippen LogP contribution in [0, 0.1) is 0 Å². The third-order valence-corrected chi connectivity index (χ3v) is 5.98. The standard InChI is InChI=1S/C21H35BrClN/c1-2-3-4-5-6-7-8-9-10-11-12-13-14-15-16-19-17-18-24-21(22)20(19)23/h17-18H,2-16H2,1H3. The minimum absolute atomic E-state index is 0.770. The van der Waals surface area contributed by atoms with Gasteiger partial charge in [0.1, 0.15) is 4.60 Å². The molecule has 3 heteroatoms. The van der Waals surface area contributed by atoms with Crippen LogP contribution in [0.5, 0.6) is 0 Å². The molecule has 0 aliphatic rings. The van der Waals surface area contributed by atoms with Gasteiger partial charge in [0, 0.05) is 6.20 Å². The molecule has 1 nitrogen and oxygen atoms in total. The zero-order valence-corrected chi connectivity index (χ0v) is 17.8. The number of aromatic nitrogens is 1. The lowest BCUT2D eigenvalue weighted by Crippen LogP contribution is -1.90. The first kappa shape index (κ1) is 22.0. The van der Waals surface area contributed by atoms with Crippen molar-refractivity contribution in [2.75, 3.05) is 0 Å². The molecule has 0 radical (unpaired) electrons. The summed E-state index contributed by atoms with van der Waals surface area (Å²) in [6, 6.07) is 2.04. The molecule has 1 heterocycles. The lowest BCUT2D eigenvalue weighted by atomic mass is 10.0. The van der Waals surface area contributed by atoms with E-state index in [1.807, 2.05) is 12.3 Å². The van der Waals surface area contributed by atoms with E-state index in [9.17, 15) is 0 Å². The molecule has 0 saturated carbocycles. The molecule has 0 bridgehead atoms. The van der Waals surface area contributed by atoms with E-state index in [0.29, 0.717) is 0 Å². The smallest absolute Gasteiger partial charge is 0.124 e. The fraction of sp³-hybridized carbons (Fsp3) is 0.762. The van der Waals surface area contributed by atoms with E-state index in [2.05, 4.69) is 27.8 Å². The number of halogens is 2. The Labute approximate surface area is 163 Å². The number of unbranched alkanes of at least 4 members (excludes halogenated alkanes) is 13. The molecule has 0 aliphatic carbocycles. The zero-order chi connectivity index (χ0) is 17.5. The Bertz CT molecular complexity index is 422. The predicted molar refractivity (Wildman–Crippen MR) is 111 cm³/mol. The minimum Gasteiger partial charge on any atom is -0.248 e. The van der Waals surface area contributed by atoms with Crippen molar-refractivity contribution in [1.82, 2.24) is 4.98 Å². The average Bonchev–Trinajstić information content (AvgIpc) is 2.58. The lowest BCUT2D eigenvalue weighted by molar-refractivity contribution is 0.535. The van der Waals surface area contributed by atoms with Gasteiger partial charge in [0.2, 0.25) is 0 Å². The van der Waals surface area contributed by atoms with Crippen molar-refractivity contribution in [3.8, 4) is 0 Å². The Morgan fingerprint density at radius 1 is 0.792 bits per heavy atom. The second kappa shape index (κ2) is 15.2. The van der Waals surface area contributed by atoms with E-state index in [0.717, 1.165) is 16.0 Å². The average molecular weight is 417 g/mol. The topological polar surface area (TPSA) is 12.9 Å². The lowest BCUT2D eigenvalue weighted by Gasteiger charge is -2.05. The van der Waals surface area contributed by atoms with Crippen LogP contribution in [-0.4, -0.2) is 4.98 Å². The summed E-state index contributed by atoms with van der Waals surface area (Å²) in [4.78, 5) is 4.14. The van der Waals surface area contributed by atoms with Crippen molar-refractivity contribution in [2.24, 2.45) is 0 Å². The second-order valence-electron chi connectivity index (χ2n) is 6.92. The van der Waals surface area contributed by atoms with Crippen molar-refractivity contribution in [2.45, 2.75) is 103 Å². The summed E-state index contributed by atoms with van der Waals surface area (Å²) in [5.41, 5.74) is 1.22. The second-order valence-corrected chi connectivity index (χ2v) is 8.05. The Morgan fingerprint density at radius 3 is 1.75 bits per heavy atom. The van der Waals surface area contributed by atoms with Gasteiger partial charge in [-0.05, 0) is 40.4 Å². The first-order valence-corrected chi connectivity index (χ1v) is 11.2. The number of aryl methyl sites for hydroxylation is 1. The van der Waals surface area contributed by atoms with E-state index in [1.54, 1.807) is 0 Å². The maximum Gasteiger partial charge on any atom is 0.124 e. The summed E-state index contributed by atoms with van der Waals surface area (Å²) in [5.74, 6) is 0. The largest absolute Gasteiger partial charge is 0.248 e. The number of pyridine rings is 1. The quantitative estimate of drug-likeness (QED) is 0.206. The third-order valence-electron chi connectivity index (χ3n) is 4.73. The van der Waals surface area contributed by atoms with Gasteiger partial charge < -0.3 is 0 Å². The van der Waals surface area contributed by atoms with Gasteiger partial charge in [-0.2, -0.15) is 0 Å². The summed E-state index contributed by atoms with van der Waals surface area (Å²) < 4.78 is 0.770. The Hall–Kier alpha value is -0.0800. The highest BCUT2D eigenvalue weighted by atomic mass is 79.9. The Balaban J connectivity index is 1.85. The minimum atomic E-state index is 0.770. The SMILES string of the molecule is CCCCCCCCCCCCCCCCc1ccnc(Br)c1Cl. The summed E-state index contributed by atoms with van der Waals surface area (Å²) in [6.07, 6.45) is 22.5. The number of hydrogen-bond acceptors (Lipinski definition) is 1. The van der Waals surface area contributed by atoms with E-state index >= 15 is 0 Å².